The molecule has 0 bridgehead atoms. The number of hydrogen-bond donors (Lipinski definition) is 4. The quantitative estimate of drug-likeness (QED) is 0.250. The molecule has 3 atom stereocenters. The fraction of sp³-hybridized carbons (Fsp3) is 0.462. The van der Waals surface area contributed by atoms with Crippen molar-refractivity contribution in [3.63, 3.8) is 0 Å². The Hall–Kier alpha value is -3.10. The third-order valence-electron chi connectivity index (χ3n) is 5.94. The third-order valence-corrected chi connectivity index (χ3v) is 5.94. The van der Waals surface area contributed by atoms with Crippen LogP contribution < -0.4 is 16.6 Å². The summed E-state index contributed by atoms with van der Waals surface area (Å²) in [6, 6.07) is 18.8. The number of carbonyl (C=O) groups is 2. The van der Waals surface area contributed by atoms with Crippen molar-refractivity contribution in [2.24, 2.45) is 17.2 Å². The van der Waals surface area contributed by atoms with Gasteiger partial charge >= 0.3 is 12.2 Å². The number of benzene rings is 2. The molecule has 0 fully saturated rings. The van der Waals surface area contributed by atoms with Crippen molar-refractivity contribution in [1.82, 2.24) is 10.7 Å². The number of nitrogens with two attached hydrogens (primary N) is 1. The normalized spacial score (nSPS) is 15.1. The van der Waals surface area contributed by atoms with Gasteiger partial charge in [0, 0.05) is 5.41 Å². The van der Waals surface area contributed by atoms with Crippen LogP contribution in [-0.2, 0) is 22.5 Å². The van der Waals surface area contributed by atoms with Gasteiger partial charge in [0.25, 0.3) is 0 Å². The number of aliphatic hydroxyl groups excluding tert-OH is 1. The molecule has 2 aromatic rings. The number of aliphatic hydroxyl groups is 1. The van der Waals surface area contributed by atoms with Gasteiger partial charge in [-0.05, 0) is 23.5 Å². The number of nitrogens with one attached hydrogen (secondary N) is 2. The zero-order valence-electron chi connectivity index (χ0n) is 20.6. The molecule has 0 heterocycles. The fourth-order valence-corrected chi connectivity index (χ4v) is 3.93. The molecule has 186 valence electrons. The van der Waals surface area contributed by atoms with Crippen molar-refractivity contribution in [2.75, 3.05) is 0 Å². The molecule has 0 aromatic heterocycles. The maximum atomic E-state index is 13.0. The van der Waals surface area contributed by atoms with Gasteiger partial charge in [-0.2, -0.15) is 0 Å². The van der Waals surface area contributed by atoms with E-state index in [9.17, 15) is 14.7 Å². The van der Waals surface area contributed by atoms with Crippen molar-refractivity contribution in [1.29, 1.82) is 0 Å². The Kier molecular flexibility index (Phi) is 9.46. The maximum Gasteiger partial charge on any atom is 0.421 e. The van der Waals surface area contributed by atoms with E-state index in [4.69, 9.17) is 15.3 Å². The Morgan fingerprint density at radius 3 is 1.94 bits per heavy atom. The number of amides is 2. The smallest absolute Gasteiger partial charge is 0.421 e. The molecule has 5 N–H and O–H groups in total. The molecule has 0 spiro atoms. The Morgan fingerprint density at radius 1 is 0.941 bits per heavy atom. The monoisotopic (exact) mass is 471 g/mol. The van der Waals surface area contributed by atoms with Crippen LogP contribution in [0, 0.1) is 11.3 Å². The van der Waals surface area contributed by atoms with Crippen molar-refractivity contribution in [3.05, 3.63) is 71.8 Å². The molecule has 2 aromatic carbocycles. The minimum Gasteiger partial charge on any atom is -0.445 e. The average molecular weight is 472 g/mol. The lowest BCUT2D eigenvalue weighted by Crippen LogP contribution is -2.67. The van der Waals surface area contributed by atoms with Gasteiger partial charge in [-0.15, -0.1) is 0 Å². The first-order valence-corrected chi connectivity index (χ1v) is 11.4. The highest BCUT2D eigenvalue weighted by Gasteiger charge is 2.51. The second-order valence-electron chi connectivity index (χ2n) is 9.83. The molecule has 0 aliphatic carbocycles. The van der Waals surface area contributed by atoms with Crippen LogP contribution >= 0.6 is 0 Å². The topological polar surface area (TPSA) is 123 Å². The summed E-state index contributed by atoms with van der Waals surface area (Å²) in [4.78, 5) is 25.0. The zero-order chi connectivity index (χ0) is 25.4. The number of hydrazine groups is 1. The summed E-state index contributed by atoms with van der Waals surface area (Å²) >= 11 is 0. The lowest BCUT2D eigenvalue weighted by molar-refractivity contribution is -0.102. The standard InChI is InChI=1S/C26H37N3O5/c1-18(2)26(16-19-12-8-6-9-13-19,21(30)22(25(3,4)5)34-24(32)29-27)28-23(31)33-17-20-14-10-7-11-15-20/h6-15,18,21-22,30H,16-17,27H2,1-5H3,(H,28,31)(H,29,32). The van der Waals surface area contributed by atoms with E-state index in [2.05, 4.69) is 5.32 Å². The summed E-state index contributed by atoms with van der Waals surface area (Å²) in [5, 5.41) is 14.7. The summed E-state index contributed by atoms with van der Waals surface area (Å²) in [6.07, 6.45) is -3.54. The van der Waals surface area contributed by atoms with Crippen LogP contribution in [0.5, 0.6) is 0 Å². The number of rotatable bonds is 9. The molecule has 0 saturated carbocycles. The van der Waals surface area contributed by atoms with Gasteiger partial charge in [-0.25, -0.2) is 15.4 Å². The van der Waals surface area contributed by atoms with E-state index >= 15 is 0 Å². The maximum absolute atomic E-state index is 13.0. The van der Waals surface area contributed by atoms with E-state index in [0.717, 1.165) is 11.1 Å². The van der Waals surface area contributed by atoms with Crippen LogP contribution in [0.1, 0.15) is 45.7 Å². The number of carbonyl (C=O) groups excluding carboxylic acids is 2. The lowest BCUT2D eigenvalue weighted by atomic mass is 9.70. The largest absolute Gasteiger partial charge is 0.445 e. The molecule has 2 rings (SSSR count). The summed E-state index contributed by atoms with van der Waals surface area (Å²) in [6.45, 7) is 9.39. The van der Waals surface area contributed by atoms with Crippen LogP contribution in [0.25, 0.3) is 0 Å². The van der Waals surface area contributed by atoms with E-state index < -0.39 is 35.3 Å². The number of alkyl carbamates (subject to hydrolysis) is 1. The van der Waals surface area contributed by atoms with E-state index in [0.29, 0.717) is 0 Å². The third kappa shape index (κ3) is 7.20. The van der Waals surface area contributed by atoms with Gasteiger partial charge in [-0.3, -0.25) is 5.43 Å². The Bertz CT molecular complexity index is 915. The molecule has 0 aliphatic heterocycles. The first kappa shape index (κ1) is 27.1. The number of ether oxygens (including phenoxy) is 2. The molecule has 0 aliphatic rings. The minimum absolute atomic E-state index is 0.0804. The summed E-state index contributed by atoms with van der Waals surface area (Å²) < 4.78 is 11.0. The molecule has 0 radical (unpaired) electrons. The highest BCUT2D eigenvalue weighted by atomic mass is 16.6. The van der Waals surface area contributed by atoms with Crippen LogP contribution in [-0.4, -0.2) is 35.0 Å². The van der Waals surface area contributed by atoms with Gasteiger partial charge in [-0.1, -0.05) is 95.3 Å². The Balaban J connectivity index is 2.42. The molecule has 34 heavy (non-hydrogen) atoms. The van der Waals surface area contributed by atoms with Crippen LogP contribution in [0.15, 0.2) is 60.7 Å². The number of hydrogen-bond acceptors (Lipinski definition) is 6. The Morgan fingerprint density at radius 2 is 1.47 bits per heavy atom. The molecular formula is C26H37N3O5. The predicted octanol–water partition coefficient (Wildman–Crippen LogP) is 3.93. The van der Waals surface area contributed by atoms with Crippen molar-refractivity contribution >= 4 is 12.2 Å². The SMILES string of the molecule is CC(C)C(Cc1ccccc1)(NC(=O)OCc1ccccc1)C(O)C(OC(=O)NN)C(C)(C)C. The molecule has 0 saturated heterocycles. The van der Waals surface area contributed by atoms with Gasteiger partial charge < -0.3 is 19.9 Å². The minimum atomic E-state index is -1.28. The van der Waals surface area contributed by atoms with Gasteiger partial charge in [0.15, 0.2) is 0 Å². The van der Waals surface area contributed by atoms with Crippen molar-refractivity contribution in [2.45, 2.75) is 65.4 Å². The molecule has 8 nitrogen and oxygen atoms in total. The van der Waals surface area contributed by atoms with E-state index in [1.54, 1.807) is 0 Å². The average Bonchev–Trinajstić information content (AvgIpc) is 2.80. The van der Waals surface area contributed by atoms with Gasteiger partial charge in [0.1, 0.15) is 18.8 Å². The van der Waals surface area contributed by atoms with E-state index in [1.165, 1.54) is 0 Å². The van der Waals surface area contributed by atoms with E-state index in [-0.39, 0.29) is 18.9 Å². The fourth-order valence-electron chi connectivity index (χ4n) is 3.93. The van der Waals surface area contributed by atoms with Crippen molar-refractivity contribution < 1.29 is 24.2 Å². The van der Waals surface area contributed by atoms with E-state index in [1.807, 2.05) is 101 Å². The van der Waals surface area contributed by atoms with Gasteiger partial charge in [0.2, 0.25) is 0 Å². The lowest BCUT2D eigenvalue weighted by Gasteiger charge is -2.47. The second-order valence-corrected chi connectivity index (χ2v) is 9.83. The van der Waals surface area contributed by atoms with Gasteiger partial charge in [0.05, 0.1) is 5.54 Å². The molecule has 2 amide bonds. The first-order valence-electron chi connectivity index (χ1n) is 11.4. The Labute approximate surface area is 201 Å². The van der Waals surface area contributed by atoms with Crippen LogP contribution in [0.4, 0.5) is 9.59 Å². The summed E-state index contributed by atoms with van der Waals surface area (Å²) in [5.41, 5.74) is 1.80. The highest BCUT2D eigenvalue weighted by Crippen LogP contribution is 2.36. The summed E-state index contributed by atoms with van der Waals surface area (Å²) in [7, 11) is 0. The second kappa shape index (κ2) is 11.9. The molecule has 3 unspecified atom stereocenters. The summed E-state index contributed by atoms with van der Waals surface area (Å²) in [5.74, 6) is 4.97. The highest BCUT2D eigenvalue weighted by molar-refractivity contribution is 5.69. The van der Waals surface area contributed by atoms with Crippen molar-refractivity contribution in [3.8, 4) is 0 Å². The molecule has 8 heteroatoms. The van der Waals surface area contributed by atoms with Crippen LogP contribution in [0.3, 0.4) is 0 Å². The molecular weight excluding hydrogens is 434 g/mol. The first-order chi connectivity index (χ1) is 16.0. The van der Waals surface area contributed by atoms with Crippen LogP contribution in [0.2, 0.25) is 0 Å². The zero-order valence-corrected chi connectivity index (χ0v) is 20.6. The predicted molar refractivity (Wildman–Crippen MR) is 131 cm³/mol.